The van der Waals surface area contributed by atoms with Crippen LogP contribution in [0.3, 0.4) is 0 Å². The van der Waals surface area contributed by atoms with Crippen LogP contribution in [0.25, 0.3) is 0 Å². The topological polar surface area (TPSA) is 72.3 Å². The zero-order valence-corrected chi connectivity index (χ0v) is 12.3. The Bertz CT molecular complexity index is 502. The van der Waals surface area contributed by atoms with E-state index >= 15 is 0 Å². The van der Waals surface area contributed by atoms with Crippen LogP contribution in [0.4, 0.5) is 0 Å². The Hall–Kier alpha value is -1.49. The molecule has 20 heavy (non-hydrogen) atoms. The van der Waals surface area contributed by atoms with Crippen molar-refractivity contribution in [2.45, 2.75) is 52.6 Å². The molecule has 1 aromatic rings. The summed E-state index contributed by atoms with van der Waals surface area (Å²) in [6.45, 7) is 6.59. The van der Waals surface area contributed by atoms with Crippen molar-refractivity contribution in [3.05, 3.63) is 22.8 Å². The number of aryl methyl sites for hydroxylation is 2. The Morgan fingerprint density at radius 3 is 2.80 bits per heavy atom. The largest absolute Gasteiger partial charge is 0.481 e. The van der Waals surface area contributed by atoms with Gasteiger partial charge in [0.2, 0.25) is 0 Å². The van der Waals surface area contributed by atoms with Gasteiger partial charge in [-0.3, -0.25) is 4.79 Å². The molecule has 0 spiro atoms. The lowest BCUT2D eigenvalue weighted by atomic mass is 9.86. The molecule has 2 atom stereocenters. The van der Waals surface area contributed by atoms with Crippen molar-refractivity contribution in [1.82, 2.24) is 9.97 Å². The Balaban J connectivity index is 2.30. The maximum absolute atomic E-state index is 11.1. The number of hydrogen-bond donors (Lipinski definition) is 1. The van der Waals surface area contributed by atoms with Crippen LogP contribution < -0.4 is 0 Å². The van der Waals surface area contributed by atoms with Crippen molar-refractivity contribution in [3.8, 4) is 0 Å². The molecule has 0 aromatic carbocycles. The van der Waals surface area contributed by atoms with Crippen molar-refractivity contribution in [2.24, 2.45) is 5.92 Å². The lowest BCUT2D eigenvalue weighted by molar-refractivity contribution is -0.142. The molecule has 1 aromatic heterocycles. The summed E-state index contributed by atoms with van der Waals surface area (Å²) in [7, 11) is 0. The van der Waals surface area contributed by atoms with Gasteiger partial charge in [-0.1, -0.05) is 6.92 Å². The van der Waals surface area contributed by atoms with E-state index in [-0.39, 0.29) is 12.0 Å². The first-order valence-electron chi connectivity index (χ1n) is 7.27. The Morgan fingerprint density at radius 1 is 1.45 bits per heavy atom. The van der Waals surface area contributed by atoms with Crippen molar-refractivity contribution < 1.29 is 14.6 Å². The molecule has 110 valence electrons. The zero-order chi connectivity index (χ0) is 14.7. The average molecular weight is 278 g/mol. The van der Waals surface area contributed by atoms with Crippen LogP contribution in [0, 0.1) is 12.8 Å². The minimum absolute atomic E-state index is 0.0683. The monoisotopic (exact) mass is 278 g/mol. The summed E-state index contributed by atoms with van der Waals surface area (Å²) in [5.74, 6) is -0.288. The number of carbonyl (C=O) groups is 1. The van der Waals surface area contributed by atoms with Gasteiger partial charge in [0.1, 0.15) is 6.10 Å². The normalized spacial score (nSPS) is 19.4. The lowest BCUT2D eigenvalue weighted by Crippen LogP contribution is -2.25. The van der Waals surface area contributed by atoms with E-state index in [4.69, 9.17) is 9.84 Å². The molecule has 1 N–H and O–H groups in total. The summed E-state index contributed by atoms with van der Waals surface area (Å²) in [6.07, 6.45) is 2.68. The van der Waals surface area contributed by atoms with Gasteiger partial charge in [0.15, 0.2) is 5.82 Å². The van der Waals surface area contributed by atoms with Gasteiger partial charge in [0.05, 0.1) is 5.92 Å². The van der Waals surface area contributed by atoms with Crippen LogP contribution in [-0.2, 0) is 22.4 Å². The van der Waals surface area contributed by atoms with Gasteiger partial charge in [-0.05, 0) is 45.1 Å². The summed E-state index contributed by atoms with van der Waals surface area (Å²) in [4.78, 5) is 20.3. The molecule has 0 aliphatic heterocycles. The number of hydrogen-bond acceptors (Lipinski definition) is 4. The van der Waals surface area contributed by atoms with Crippen LogP contribution in [-0.4, -0.2) is 27.7 Å². The number of ether oxygens (including phenoxy) is 1. The van der Waals surface area contributed by atoms with E-state index in [1.54, 1.807) is 0 Å². The third kappa shape index (κ3) is 2.98. The first kappa shape index (κ1) is 14.9. The molecule has 5 heteroatoms. The molecule has 0 saturated heterocycles. The van der Waals surface area contributed by atoms with Gasteiger partial charge in [0.25, 0.3) is 0 Å². The number of aromatic nitrogens is 2. The second-order valence-corrected chi connectivity index (χ2v) is 5.22. The fourth-order valence-corrected chi connectivity index (χ4v) is 2.74. The van der Waals surface area contributed by atoms with Crippen LogP contribution in [0.1, 0.15) is 55.6 Å². The highest BCUT2D eigenvalue weighted by atomic mass is 16.5. The third-order valence-electron chi connectivity index (χ3n) is 3.87. The Morgan fingerprint density at radius 2 is 2.20 bits per heavy atom. The minimum atomic E-state index is -0.722. The molecular weight excluding hydrogens is 256 g/mol. The number of aliphatic carboxylic acids is 1. The fraction of sp³-hybridized carbons (Fsp3) is 0.667. The summed E-state index contributed by atoms with van der Waals surface area (Å²) in [5, 5.41) is 9.14. The predicted octanol–water partition coefficient (Wildman–Crippen LogP) is 2.46. The SMILES string of the molecule is CCOC(CC)c1nc(C)c2c(n1)CCC(C(=O)O)C2. The summed E-state index contributed by atoms with van der Waals surface area (Å²) < 4.78 is 5.66. The van der Waals surface area contributed by atoms with E-state index in [9.17, 15) is 4.79 Å². The van der Waals surface area contributed by atoms with Gasteiger partial charge in [0, 0.05) is 18.0 Å². The molecule has 1 aliphatic rings. The quantitative estimate of drug-likeness (QED) is 0.895. The van der Waals surface area contributed by atoms with Crippen molar-refractivity contribution >= 4 is 5.97 Å². The molecule has 1 heterocycles. The van der Waals surface area contributed by atoms with Crippen LogP contribution in [0.2, 0.25) is 0 Å². The van der Waals surface area contributed by atoms with E-state index in [1.807, 2.05) is 13.8 Å². The Labute approximate surface area is 119 Å². The molecule has 0 radical (unpaired) electrons. The average Bonchev–Trinajstić information content (AvgIpc) is 2.44. The van der Waals surface area contributed by atoms with Gasteiger partial charge in [-0.25, -0.2) is 9.97 Å². The number of carboxylic acids is 1. The van der Waals surface area contributed by atoms with E-state index in [1.165, 1.54) is 0 Å². The van der Waals surface area contributed by atoms with Crippen molar-refractivity contribution in [1.29, 1.82) is 0 Å². The molecule has 1 aliphatic carbocycles. The lowest BCUT2D eigenvalue weighted by Gasteiger charge is -2.24. The second-order valence-electron chi connectivity index (χ2n) is 5.22. The molecule has 2 unspecified atom stereocenters. The van der Waals surface area contributed by atoms with Gasteiger partial charge >= 0.3 is 5.97 Å². The highest BCUT2D eigenvalue weighted by Gasteiger charge is 2.28. The second kappa shape index (κ2) is 6.31. The van der Waals surface area contributed by atoms with E-state index in [0.717, 1.165) is 29.2 Å². The first-order chi connectivity index (χ1) is 9.56. The number of nitrogens with zero attached hydrogens (tertiary/aromatic N) is 2. The Kier molecular flexibility index (Phi) is 4.70. The summed E-state index contributed by atoms with van der Waals surface area (Å²) in [6, 6.07) is 0. The van der Waals surface area contributed by atoms with E-state index in [2.05, 4.69) is 16.9 Å². The van der Waals surface area contributed by atoms with Crippen LogP contribution >= 0.6 is 0 Å². The third-order valence-corrected chi connectivity index (χ3v) is 3.87. The standard InChI is InChI=1S/C15H22N2O3/c1-4-13(20-5-2)14-16-9(3)11-8-10(15(18)19)6-7-12(11)17-14/h10,13H,4-8H2,1-3H3,(H,18,19). The summed E-state index contributed by atoms with van der Waals surface area (Å²) in [5.41, 5.74) is 2.91. The fourth-order valence-electron chi connectivity index (χ4n) is 2.74. The molecular formula is C15H22N2O3. The maximum Gasteiger partial charge on any atom is 0.306 e. The minimum Gasteiger partial charge on any atom is -0.481 e. The highest BCUT2D eigenvalue weighted by Crippen LogP contribution is 2.28. The molecule has 2 rings (SSSR count). The molecule has 0 saturated carbocycles. The number of rotatable bonds is 5. The highest BCUT2D eigenvalue weighted by molar-refractivity contribution is 5.71. The number of fused-ring (bicyclic) bond motifs is 1. The van der Waals surface area contributed by atoms with E-state index < -0.39 is 5.97 Å². The first-order valence-corrected chi connectivity index (χ1v) is 7.27. The van der Waals surface area contributed by atoms with Gasteiger partial charge in [-0.2, -0.15) is 0 Å². The molecule has 0 bridgehead atoms. The van der Waals surface area contributed by atoms with Gasteiger partial charge < -0.3 is 9.84 Å². The molecule has 5 nitrogen and oxygen atoms in total. The summed E-state index contributed by atoms with van der Waals surface area (Å²) >= 11 is 0. The van der Waals surface area contributed by atoms with Crippen LogP contribution in [0.15, 0.2) is 0 Å². The zero-order valence-electron chi connectivity index (χ0n) is 12.3. The van der Waals surface area contributed by atoms with Crippen LogP contribution in [0.5, 0.6) is 0 Å². The number of carboxylic acid groups (broad SMARTS) is 1. The van der Waals surface area contributed by atoms with Crippen molar-refractivity contribution in [2.75, 3.05) is 6.61 Å². The maximum atomic E-state index is 11.1. The predicted molar refractivity (Wildman–Crippen MR) is 74.6 cm³/mol. The molecule has 0 amide bonds. The smallest absolute Gasteiger partial charge is 0.306 e. The molecule has 0 fully saturated rings. The van der Waals surface area contributed by atoms with Crippen molar-refractivity contribution in [3.63, 3.8) is 0 Å². The van der Waals surface area contributed by atoms with E-state index in [0.29, 0.717) is 25.9 Å². The van der Waals surface area contributed by atoms with Gasteiger partial charge in [-0.15, -0.1) is 0 Å².